The Hall–Kier alpha value is -3.60. The molecule has 2 heterocycles. The molecule has 0 aliphatic carbocycles. The van der Waals surface area contributed by atoms with Gasteiger partial charge in [0.05, 0.1) is 23.6 Å². The number of carbonyl (C=O) groups is 2. The second-order valence-electron chi connectivity index (χ2n) is 12.9. The van der Waals surface area contributed by atoms with Crippen molar-refractivity contribution in [3.8, 4) is 0 Å². The maximum atomic E-state index is 11.9. The van der Waals surface area contributed by atoms with E-state index >= 15 is 0 Å². The summed E-state index contributed by atoms with van der Waals surface area (Å²) in [4.78, 5) is 32.8. The number of nitrogens with zero attached hydrogens (tertiary/aromatic N) is 2. The Balaban J connectivity index is 0.000000256. The van der Waals surface area contributed by atoms with E-state index in [4.69, 9.17) is 65.9 Å². The first kappa shape index (κ1) is 44.8. The largest absolute Gasteiger partial charge is 0.481 e. The summed E-state index contributed by atoms with van der Waals surface area (Å²) in [5.74, 6) is -1.07. The number of rotatable bonds is 7. The summed E-state index contributed by atoms with van der Waals surface area (Å²) in [7, 11) is 0. The Labute approximate surface area is 345 Å². The maximum Gasteiger partial charge on any atom is 0.338 e. The molecule has 0 amide bonds. The zero-order valence-corrected chi connectivity index (χ0v) is 34.6. The zero-order valence-electron chi connectivity index (χ0n) is 30.0. The Morgan fingerprint density at radius 1 is 0.741 bits per heavy atom. The minimum atomic E-state index is -0.745. The molecular weight excluding hydrogens is 838 g/mol. The smallest absolute Gasteiger partial charge is 0.338 e. The van der Waals surface area contributed by atoms with E-state index in [0.717, 1.165) is 43.7 Å². The SMILES string of the molecule is C.CCC(=O)O.CCOC(=O)c1ccc(C2=NOC(C)(c3cc(Cl)cc(Cl)c3)C2)cc1C.Cc1cc(C2=NOC(C)(c3cc(Cl)cc(Cl)c3)C2)ccc1Br. The lowest BCUT2D eigenvalue weighted by atomic mass is 9.88. The molecule has 2 unspecified atom stereocenters. The monoisotopic (exact) mass is 878 g/mol. The quantitative estimate of drug-likeness (QED) is 0.185. The number of carboxylic acid groups (broad SMARTS) is 1. The fraction of sp³-hybridized carbons (Fsp3) is 0.317. The van der Waals surface area contributed by atoms with Crippen LogP contribution in [-0.2, 0) is 30.4 Å². The van der Waals surface area contributed by atoms with Crippen LogP contribution in [0.4, 0.5) is 0 Å². The van der Waals surface area contributed by atoms with Crippen molar-refractivity contribution in [3.05, 3.63) is 136 Å². The highest BCUT2D eigenvalue weighted by Crippen LogP contribution is 2.40. The van der Waals surface area contributed by atoms with E-state index in [-0.39, 0.29) is 19.8 Å². The zero-order chi connectivity index (χ0) is 39.1. The summed E-state index contributed by atoms with van der Waals surface area (Å²) in [6.45, 7) is 11.6. The number of oxime groups is 2. The Morgan fingerprint density at radius 2 is 1.15 bits per heavy atom. The molecule has 0 radical (unpaired) electrons. The molecule has 54 heavy (non-hydrogen) atoms. The van der Waals surface area contributed by atoms with E-state index in [1.54, 1.807) is 32.0 Å². The van der Waals surface area contributed by atoms with Gasteiger partial charge >= 0.3 is 11.9 Å². The standard InChI is InChI=1S/C20H19Cl2NO3.C17H14BrCl2NO.C3H6O2.CH4/c1-4-25-19(24)17-6-5-13(7-12(17)2)18-11-20(3,26-23-18)14-8-15(21)10-16(22)9-14;1-10-5-11(3-4-15(10)18)16-9-17(2,22-21-16)12-6-13(19)8-14(20)7-12;1-2-3(4)5;/h5-10H,4,11H2,1-3H3;3-8H,9H2,1-2H3;2H2,1H3,(H,4,5);1H4. The summed E-state index contributed by atoms with van der Waals surface area (Å²) in [5.41, 5.74) is 6.87. The molecule has 0 bridgehead atoms. The number of esters is 1. The van der Waals surface area contributed by atoms with Gasteiger partial charge in [-0.1, -0.05) is 99.1 Å². The fourth-order valence-corrected chi connectivity index (χ4v) is 6.82. The van der Waals surface area contributed by atoms with Crippen LogP contribution in [0.3, 0.4) is 0 Å². The first-order valence-corrected chi connectivity index (χ1v) is 19.0. The average molecular weight is 882 g/mol. The van der Waals surface area contributed by atoms with Gasteiger partial charge in [0, 0.05) is 55.0 Å². The van der Waals surface area contributed by atoms with Gasteiger partial charge in [-0.2, -0.15) is 0 Å². The lowest BCUT2D eigenvalue weighted by Crippen LogP contribution is -2.22. The number of hydrogen-bond donors (Lipinski definition) is 1. The molecule has 2 aliphatic rings. The molecule has 0 saturated heterocycles. The van der Waals surface area contributed by atoms with Crippen LogP contribution < -0.4 is 0 Å². The highest BCUT2D eigenvalue weighted by Gasteiger charge is 2.38. The highest BCUT2D eigenvalue weighted by molar-refractivity contribution is 9.10. The number of ether oxygens (including phenoxy) is 1. The van der Waals surface area contributed by atoms with Gasteiger partial charge < -0.3 is 19.5 Å². The van der Waals surface area contributed by atoms with Crippen LogP contribution in [0.25, 0.3) is 0 Å². The van der Waals surface area contributed by atoms with Gasteiger partial charge in [0.15, 0.2) is 11.2 Å². The van der Waals surface area contributed by atoms with Crippen LogP contribution in [0.2, 0.25) is 20.1 Å². The van der Waals surface area contributed by atoms with E-state index < -0.39 is 17.2 Å². The van der Waals surface area contributed by atoms with E-state index in [1.165, 1.54) is 5.56 Å². The summed E-state index contributed by atoms with van der Waals surface area (Å²) < 4.78 is 6.15. The van der Waals surface area contributed by atoms with E-state index in [0.29, 0.717) is 45.1 Å². The minimum absolute atomic E-state index is 0. The van der Waals surface area contributed by atoms with Gasteiger partial charge in [-0.25, -0.2) is 4.79 Å². The Morgan fingerprint density at radius 3 is 1.52 bits per heavy atom. The number of halogens is 5. The molecule has 2 atom stereocenters. The predicted molar refractivity (Wildman–Crippen MR) is 223 cm³/mol. The van der Waals surface area contributed by atoms with Gasteiger partial charge in [-0.05, 0) is 118 Å². The molecule has 6 rings (SSSR count). The summed E-state index contributed by atoms with van der Waals surface area (Å²) >= 11 is 27.9. The Kier molecular flexibility index (Phi) is 16.0. The number of hydrogen-bond acceptors (Lipinski definition) is 7. The normalized spacial score (nSPS) is 18.3. The molecular formula is C41H43BrCl4N2O6. The van der Waals surface area contributed by atoms with Crippen LogP contribution in [0.1, 0.15) is 98.1 Å². The van der Waals surface area contributed by atoms with Crippen molar-refractivity contribution in [2.24, 2.45) is 10.3 Å². The predicted octanol–water partition coefficient (Wildman–Crippen LogP) is 12.7. The van der Waals surface area contributed by atoms with Crippen molar-refractivity contribution in [2.75, 3.05) is 6.61 Å². The molecule has 4 aromatic rings. The van der Waals surface area contributed by atoms with Crippen molar-refractivity contribution >= 4 is 85.7 Å². The third-order valence-electron chi connectivity index (χ3n) is 8.52. The van der Waals surface area contributed by atoms with Crippen molar-refractivity contribution in [1.29, 1.82) is 0 Å². The van der Waals surface area contributed by atoms with Gasteiger partial charge in [-0.3, -0.25) is 4.79 Å². The number of benzene rings is 4. The molecule has 288 valence electrons. The third kappa shape index (κ3) is 11.5. The second-order valence-corrected chi connectivity index (χ2v) is 15.5. The van der Waals surface area contributed by atoms with Crippen molar-refractivity contribution < 1.29 is 29.1 Å². The number of aliphatic carboxylic acids is 1. The average Bonchev–Trinajstić information content (AvgIpc) is 3.70. The molecule has 0 spiro atoms. The lowest BCUT2D eigenvalue weighted by molar-refractivity contribution is -0.136. The van der Waals surface area contributed by atoms with Crippen molar-refractivity contribution in [2.45, 2.75) is 79.4 Å². The van der Waals surface area contributed by atoms with Crippen LogP contribution >= 0.6 is 62.3 Å². The fourth-order valence-electron chi connectivity index (χ4n) is 5.52. The summed E-state index contributed by atoms with van der Waals surface area (Å²) in [6.07, 6.45) is 1.46. The van der Waals surface area contributed by atoms with Crippen LogP contribution in [0, 0.1) is 13.8 Å². The molecule has 2 aliphatic heterocycles. The maximum absolute atomic E-state index is 11.9. The minimum Gasteiger partial charge on any atom is -0.481 e. The summed E-state index contributed by atoms with van der Waals surface area (Å²) in [6, 6.07) is 22.5. The van der Waals surface area contributed by atoms with Crippen LogP contribution in [0.15, 0.2) is 87.6 Å². The first-order valence-electron chi connectivity index (χ1n) is 16.7. The van der Waals surface area contributed by atoms with Crippen LogP contribution in [0.5, 0.6) is 0 Å². The van der Waals surface area contributed by atoms with Gasteiger partial charge in [0.1, 0.15) is 0 Å². The number of aryl methyl sites for hydroxylation is 2. The molecule has 13 heteroatoms. The van der Waals surface area contributed by atoms with Gasteiger partial charge in [0.2, 0.25) is 0 Å². The number of carboxylic acids is 1. The van der Waals surface area contributed by atoms with Gasteiger partial charge in [-0.15, -0.1) is 0 Å². The highest BCUT2D eigenvalue weighted by atomic mass is 79.9. The molecule has 4 aromatic carbocycles. The lowest BCUT2D eigenvalue weighted by Gasteiger charge is -2.22. The second kappa shape index (κ2) is 19.3. The topological polar surface area (TPSA) is 107 Å². The third-order valence-corrected chi connectivity index (χ3v) is 10.3. The number of carbonyl (C=O) groups excluding carboxylic acids is 1. The van der Waals surface area contributed by atoms with E-state index in [1.807, 2.05) is 69.3 Å². The molecule has 0 fully saturated rings. The van der Waals surface area contributed by atoms with Crippen molar-refractivity contribution in [1.82, 2.24) is 0 Å². The summed E-state index contributed by atoms with van der Waals surface area (Å²) in [5, 5.41) is 18.6. The first-order chi connectivity index (χ1) is 25.0. The van der Waals surface area contributed by atoms with Gasteiger partial charge in [0.25, 0.3) is 0 Å². The van der Waals surface area contributed by atoms with E-state index in [2.05, 4.69) is 39.2 Å². The molecule has 1 N–H and O–H groups in total. The van der Waals surface area contributed by atoms with E-state index in [9.17, 15) is 9.59 Å². The van der Waals surface area contributed by atoms with Crippen molar-refractivity contribution in [3.63, 3.8) is 0 Å². The molecule has 8 nitrogen and oxygen atoms in total. The van der Waals surface area contributed by atoms with Crippen LogP contribution in [-0.4, -0.2) is 35.1 Å². The molecule has 0 saturated carbocycles. The molecule has 0 aromatic heterocycles. The Bertz CT molecular complexity index is 2030.